The van der Waals surface area contributed by atoms with Crippen molar-refractivity contribution in [1.82, 2.24) is 4.98 Å². The molecule has 0 bridgehead atoms. The zero-order chi connectivity index (χ0) is 25.5. The molecule has 4 N–H and O–H groups in total. The molecule has 1 aliphatic carbocycles. The van der Waals surface area contributed by atoms with Gasteiger partial charge in [0.15, 0.2) is 0 Å². The maximum absolute atomic E-state index is 14.1. The first-order valence-corrected chi connectivity index (χ1v) is 12.7. The van der Waals surface area contributed by atoms with Gasteiger partial charge in [0.05, 0.1) is 29.5 Å². The van der Waals surface area contributed by atoms with Gasteiger partial charge in [-0.3, -0.25) is 9.51 Å². The molecule has 1 atom stereocenters. The highest BCUT2D eigenvalue weighted by molar-refractivity contribution is 7.46. The van der Waals surface area contributed by atoms with Crippen LogP contribution in [0.1, 0.15) is 64.6 Å². The minimum absolute atomic E-state index is 0.0430. The number of pyridine rings is 1. The fourth-order valence-corrected chi connectivity index (χ4v) is 4.85. The Morgan fingerprint density at radius 2 is 1.68 bits per heavy atom. The van der Waals surface area contributed by atoms with Crippen molar-refractivity contribution in [2.75, 3.05) is 6.61 Å². The summed E-state index contributed by atoms with van der Waals surface area (Å²) in [7, 11) is -4.77. The van der Waals surface area contributed by atoms with E-state index in [1.54, 1.807) is 0 Å². The number of phosphoric acid groups is 1. The van der Waals surface area contributed by atoms with Crippen LogP contribution >= 0.6 is 7.82 Å². The Hall–Kier alpha value is -1.71. The third-order valence-corrected chi connectivity index (χ3v) is 6.89. The van der Waals surface area contributed by atoms with E-state index in [9.17, 15) is 17.7 Å². The first-order chi connectivity index (χ1) is 15.5. The third-order valence-electron chi connectivity index (χ3n) is 6.43. The number of phosphoric ester groups is 1. The number of nitrogens with zero attached hydrogens (tertiary/aromatic N) is 1. The maximum Gasteiger partial charge on any atom is 0.469 e. The second-order valence-corrected chi connectivity index (χ2v) is 11.6. The van der Waals surface area contributed by atoms with Crippen molar-refractivity contribution in [1.29, 1.82) is 0 Å². The van der Waals surface area contributed by atoms with E-state index in [1.165, 1.54) is 31.2 Å². The van der Waals surface area contributed by atoms with Crippen LogP contribution in [0.2, 0.25) is 0 Å². The van der Waals surface area contributed by atoms with E-state index in [2.05, 4.69) is 30.3 Å². The lowest BCUT2D eigenvalue weighted by Gasteiger charge is -2.37. The Kier molecular flexibility index (Phi) is 7.43. The molecule has 1 heterocycles. The molecule has 7 nitrogen and oxygen atoms in total. The van der Waals surface area contributed by atoms with Crippen molar-refractivity contribution >= 4 is 18.7 Å². The largest absolute Gasteiger partial charge is 0.490 e. The van der Waals surface area contributed by atoms with Crippen LogP contribution in [0.25, 0.3) is 10.9 Å². The molecular weight excluding hydrogens is 472 g/mol. The molecule has 3 rings (SSSR count). The van der Waals surface area contributed by atoms with E-state index in [4.69, 9.17) is 20.3 Å². The number of rotatable bonds is 6. The van der Waals surface area contributed by atoms with Crippen LogP contribution in [-0.4, -0.2) is 27.5 Å². The number of aromatic nitrogens is 1. The number of halogens is 3. The van der Waals surface area contributed by atoms with Crippen molar-refractivity contribution < 1.29 is 36.8 Å². The van der Waals surface area contributed by atoms with Gasteiger partial charge in [0.1, 0.15) is 11.3 Å². The molecule has 1 aromatic carbocycles. The summed E-state index contributed by atoms with van der Waals surface area (Å²) < 4.78 is 63.6. The number of hydrogen-bond acceptors (Lipinski definition) is 5. The molecule has 0 aliphatic heterocycles. The molecule has 0 saturated heterocycles. The highest BCUT2D eigenvalue weighted by Crippen LogP contribution is 2.44. The van der Waals surface area contributed by atoms with E-state index >= 15 is 0 Å². The Morgan fingerprint density at radius 3 is 2.21 bits per heavy atom. The standard InChI is InChI=1S/C23H32F3N2O5P/c1-21(2,3)14-5-7-15(8-6-14)33-18-11-10-17-16(20(18)23(24,25)26)9-12-19(28-17)22(4,27)13-32-34(29,30)31/h9-12,14-15H,5-8,13,27H2,1-4H3,(H2,29,30,31). The molecule has 11 heteroatoms. The third kappa shape index (κ3) is 6.49. The van der Waals surface area contributed by atoms with Crippen LogP contribution in [0.3, 0.4) is 0 Å². The molecule has 1 aromatic heterocycles. The van der Waals surface area contributed by atoms with Crippen LogP contribution < -0.4 is 10.5 Å². The van der Waals surface area contributed by atoms with Gasteiger partial charge in [0.25, 0.3) is 0 Å². The Bertz CT molecular complexity index is 1070. The lowest BCUT2D eigenvalue weighted by atomic mass is 9.72. The van der Waals surface area contributed by atoms with Gasteiger partial charge in [0, 0.05) is 5.39 Å². The van der Waals surface area contributed by atoms with Gasteiger partial charge in [-0.05, 0) is 62.1 Å². The smallest absolute Gasteiger partial charge is 0.469 e. The minimum atomic E-state index is -4.77. The second kappa shape index (κ2) is 9.39. The second-order valence-electron chi connectivity index (χ2n) is 10.3. The zero-order valence-corrected chi connectivity index (χ0v) is 20.6. The summed E-state index contributed by atoms with van der Waals surface area (Å²) in [4.78, 5) is 22.1. The Balaban J connectivity index is 1.90. The SMILES string of the molecule is CC(N)(COP(=O)(O)O)c1ccc2c(C(F)(F)F)c(OC3CCC(C(C)(C)C)CC3)ccc2n1. The lowest BCUT2D eigenvalue weighted by molar-refractivity contribution is -0.138. The van der Waals surface area contributed by atoms with Crippen LogP contribution in [0.4, 0.5) is 13.2 Å². The van der Waals surface area contributed by atoms with E-state index < -0.39 is 31.7 Å². The molecule has 190 valence electrons. The van der Waals surface area contributed by atoms with Gasteiger partial charge in [-0.25, -0.2) is 4.57 Å². The van der Waals surface area contributed by atoms with E-state index in [0.717, 1.165) is 12.8 Å². The van der Waals surface area contributed by atoms with E-state index in [-0.39, 0.29) is 33.9 Å². The van der Waals surface area contributed by atoms with Crippen molar-refractivity contribution in [3.8, 4) is 5.75 Å². The molecular formula is C23H32F3N2O5P. The van der Waals surface area contributed by atoms with Crippen molar-refractivity contribution in [3.63, 3.8) is 0 Å². The molecule has 0 radical (unpaired) electrons. The summed E-state index contributed by atoms with van der Waals surface area (Å²) in [5.41, 5.74) is 4.08. The molecule has 1 saturated carbocycles. The molecule has 1 fully saturated rings. The van der Waals surface area contributed by atoms with Gasteiger partial charge < -0.3 is 20.3 Å². The first-order valence-electron chi connectivity index (χ1n) is 11.1. The van der Waals surface area contributed by atoms with E-state index in [0.29, 0.717) is 18.8 Å². The summed E-state index contributed by atoms with van der Waals surface area (Å²) >= 11 is 0. The Morgan fingerprint density at radius 1 is 1.06 bits per heavy atom. The molecule has 0 amide bonds. The fourth-order valence-electron chi connectivity index (χ4n) is 4.41. The number of alkyl halides is 3. The zero-order valence-electron chi connectivity index (χ0n) is 19.7. The number of hydrogen-bond donors (Lipinski definition) is 3. The molecule has 2 aromatic rings. The van der Waals surface area contributed by atoms with Crippen molar-refractivity contribution in [3.05, 3.63) is 35.5 Å². The van der Waals surface area contributed by atoms with Crippen LogP contribution in [-0.2, 0) is 20.8 Å². The van der Waals surface area contributed by atoms with Crippen LogP contribution in [0, 0.1) is 11.3 Å². The van der Waals surface area contributed by atoms with Gasteiger partial charge in [-0.2, -0.15) is 13.2 Å². The highest BCUT2D eigenvalue weighted by atomic mass is 31.2. The van der Waals surface area contributed by atoms with Gasteiger partial charge in [0.2, 0.25) is 0 Å². The summed E-state index contributed by atoms with van der Waals surface area (Å²) in [5, 5.41) is -0.135. The summed E-state index contributed by atoms with van der Waals surface area (Å²) in [6.45, 7) is 7.38. The monoisotopic (exact) mass is 504 g/mol. The highest BCUT2D eigenvalue weighted by Gasteiger charge is 2.39. The van der Waals surface area contributed by atoms with Gasteiger partial charge >= 0.3 is 14.0 Å². The quantitative estimate of drug-likeness (QED) is 0.444. The summed E-state index contributed by atoms with van der Waals surface area (Å²) in [6, 6.07) is 5.27. The van der Waals surface area contributed by atoms with Gasteiger partial charge in [-0.15, -0.1) is 0 Å². The number of ether oxygens (including phenoxy) is 1. The average molecular weight is 504 g/mol. The minimum Gasteiger partial charge on any atom is -0.490 e. The number of nitrogens with two attached hydrogens (primary N) is 1. The summed E-state index contributed by atoms with van der Waals surface area (Å²) in [6.07, 6.45) is -1.77. The lowest BCUT2D eigenvalue weighted by Crippen LogP contribution is -2.38. The van der Waals surface area contributed by atoms with Crippen LogP contribution in [0.5, 0.6) is 5.75 Å². The predicted molar refractivity (Wildman–Crippen MR) is 122 cm³/mol. The average Bonchev–Trinajstić information content (AvgIpc) is 2.70. The fraction of sp³-hybridized carbons (Fsp3) is 0.609. The molecule has 1 unspecified atom stereocenters. The number of fused-ring (bicyclic) bond motifs is 1. The first kappa shape index (κ1) is 26.9. The van der Waals surface area contributed by atoms with Gasteiger partial charge in [-0.1, -0.05) is 26.8 Å². The number of benzene rings is 1. The van der Waals surface area contributed by atoms with Crippen molar-refractivity contribution in [2.24, 2.45) is 17.1 Å². The predicted octanol–water partition coefficient (Wildman–Crippen LogP) is 5.52. The molecule has 34 heavy (non-hydrogen) atoms. The summed E-state index contributed by atoms with van der Waals surface area (Å²) in [5.74, 6) is 0.280. The molecule has 1 aliphatic rings. The molecule has 0 spiro atoms. The topological polar surface area (TPSA) is 115 Å². The maximum atomic E-state index is 14.1. The normalized spacial score (nSPS) is 21.9. The van der Waals surface area contributed by atoms with Crippen LogP contribution in [0.15, 0.2) is 24.3 Å². The van der Waals surface area contributed by atoms with E-state index in [1.807, 2.05) is 0 Å². The van der Waals surface area contributed by atoms with Crippen molar-refractivity contribution in [2.45, 2.75) is 71.2 Å². The Labute approximate surface area is 197 Å².